The van der Waals surface area contributed by atoms with Crippen LogP contribution in [-0.4, -0.2) is 41.8 Å². The SMILES string of the molecule is CCC(C)(CCO)NS(=O)(=O)c1nnc(NC(C)=O)s1. The summed E-state index contributed by atoms with van der Waals surface area (Å²) in [7, 11) is -3.83. The minimum absolute atomic E-state index is 0.123. The van der Waals surface area contributed by atoms with Crippen molar-refractivity contribution in [3.05, 3.63) is 0 Å². The number of aliphatic hydroxyl groups is 1. The van der Waals surface area contributed by atoms with Crippen LogP contribution in [0.3, 0.4) is 0 Å². The van der Waals surface area contributed by atoms with E-state index in [1.54, 1.807) is 6.92 Å². The molecule has 1 rings (SSSR count). The van der Waals surface area contributed by atoms with E-state index in [9.17, 15) is 13.2 Å². The van der Waals surface area contributed by atoms with Gasteiger partial charge in [0.1, 0.15) is 0 Å². The van der Waals surface area contributed by atoms with Crippen LogP contribution < -0.4 is 10.0 Å². The summed E-state index contributed by atoms with van der Waals surface area (Å²) in [4.78, 5) is 10.9. The van der Waals surface area contributed by atoms with Gasteiger partial charge in [-0.3, -0.25) is 4.79 Å². The fourth-order valence-electron chi connectivity index (χ4n) is 1.43. The molecule has 1 amide bonds. The van der Waals surface area contributed by atoms with Crippen molar-refractivity contribution in [1.82, 2.24) is 14.9 Å². The third-order valence-electron chi connectivity index (χ3n) is 2.74. The van der Waals surface area contributed by atoms with Crippen molar-refractivity contribution >= 4 is 32.4 Å². The Kier molecular flexibility index (Phi) is 5.57. The molecular formula is C10H18N4O4S2. The number of hydrogen-bond donors (Lipinski definition) is 3. The fraction of sp³-hybridized carbons (Fsp3) is 0.700. The highest BCUT2D eigenvalue weighted by molar-refractivity contribution is 7.91. The lowest BCUT2D eigenvalue weighted by molar-refractivity contribution is -0.114. The summed E-state index contributed by atoms with van der Waals surface area (Å²) in [6.45, 7) is 4.70. The second-order valence-electron chi connectivity index (χ2n) is 4.55. The van der Waals surface area contributed by atoms with E-state index < -0.39 is 15.6 Å². The molecule has 0 radical (unpaired) electrons. The van der Waals surface area contributed by atoms with Gasteiger partial charge >= 0.3 is 0 Å². The van der Waals surface area contributed by atoms with Crippen molar-refractivity contribution in [2.45, 2.75) is 43.5 Å². The molecule has 114 valence electrons. The number of aromatic nitrogens is 2. The van der Waals surface area contributed by atoms with Crippen molar-refractivity contribution in [1.29, 1.82) is 0 Å². The second-order valence-corrected chi connectivity index (χ2v) is 7.38. The van der Waals surface area contributed by atoms with Crippen LogP contribution in [-0.2, 0) is 14.8 Å². The van der Waals surface area contributed by atoms with Crippen LogP contribution in [0, 0.1) is 0 Å². The van der Waals surface area contributed by atoms with Crippen molar-refractivity contribution in [3.63, 3.8) is 0 Å². The Morgan fingerprint density at radius 3 is 2.60 bits per heavy atom. The first-order valence-corrected chi connectivity index (χ1v) is 8.28. The van der Waals surface area contributed by atoms with E-state index in [4.69, 9.17) is 5.11 Å². The van der Waals surface area contributed by atoms with Gasteiger partial charge in [0.05, 0.1) is 0 Å². The number of nitrogens with one attached hydrogen (secondary N) is 2. The summed E-state index contributed by atoms with van der Waals surface area (Å²) < 4.78 is 26.7. The molecule has 0 saturated carbocycles. The summed E-state index contributed by atoms with van der Waals surface area (Å²) in [6.07, 6.45) is 0.810. The molecule has 20 heavy (non-hydrogen) atoms. The molecular weight excluding hydrogens is 304 g/mol. The van der Waals surface area contributed by atoms with E-state index in [0.29, 0.717) is 12.8 Å². The quantitative estimate of drug-likeness (QED) is 0.622. The highest BCUT2D eigenvalue weighted by Gasteiger charge is 2.31. The topological polar surface area (TPSA) is 121 Å². The Hall–Kier alpha value is -1.10. The van der Waals surface area contributed by atoms with E-state index in [-0.39, 0.29) is 22.0 Å². The van der Waals surface area contributed by atoms with E-state index in [1.165, 1.54) is 6.92 Å². The van der Waals surface area contributed by atoms with Gasteiger partial charge in [0.15, 0.2) is 0 Å². The zero-order chi connectivity index (χ0) is 15.4. The van der Waals surface area contributed by atoms with Gasteiger partial charge in [0.2, 0.25) is 15.4 Å². The molecule has 0 aliphatic rings. The van der Waals surface area contributed by atoms with Gasteiger partial charge in [0.25, 0.3) is 10.0 Å². The van der Waals surface area contributed by atoms with Crippen molar-refractivity contribution in [3.8, 4) is 0 Å². The largest absolute Gasteiger partial charge is 0.396 e. The molecule has 3 N–H and O–H groups in total. The van der Waals surface area contributed by atoms with Gasteiger partial charge in [-0.05, 0) is 19.8 Å². The lowest BCUT2D eigenvalue weighted by Gasteiger charge is -2.27. The summed E-state index contributed by atoms with van der Waals surface area (Å²) in [5, 5.41) is 18.6. The second kappa shape index (κ2) is 6.57. The molecule has 0 fully saturated rings. The third-order valence-corrected chi connectivity index (χ3v) is 5.59. The van der Waals surface area contributed by atoms with Gasteiger partial charge in [-0.2, -0.15) is 0 Å². The fourth-order valence-corrected chi connectivity index (χ4v) is 3.89. The molecule has 0 spiro atoms. The summed E-state index contributed by atoms with van der Waals surface area (Å²) in [6, 6.07) is 0. The number of carbonyl (C=O) groups excluding carboxylic acids is 1. The molecule has 1 aromatic heterocycles. The van der Waals surface area contributed by atoms with Crippen LogP contribution in [0.15, 0.2) is 4.34 Å². The average Bonchev–Trinajstić information content (AvgIpc) is 2.77. The summed E-state index contributed by atoms with van der Waals surface area (Å²) in [5.74, 6) is -0.350. The maximum absolute atomic E-state index is 12.2. The highest BCUT2D eigenvalue weighted by atomic mass is 32.2. The lowest BCUT2D eigenvalue weighted by atomic mass is 9.97. The van der Waals surface area contributed by atoms with E-state index in [2.05, 4.69) is 20.2 Å². The first-order chi connectivity index (χ1) is 9.22. The zero-order valence-electron chi connectivity index (χ0n) is 11.5. The number of amides is 1. The molecule has 0 saturated heterocycles. The van der Waals surface area contributed by atoms with Crippen molar-refractivity contribution in [2.75, 3.05) is 11.9 Å². The Morgan fingerprint density at radius 2 is 2.10 bits per heavy atom. The Bertz CT molecular complexity index is 572. The normalized spacial score (nSPS) is 14.8. The Balaban J connectivity index is 2.93. The Labute approximate surface area is 121 Å². The standard InChI is InChI=1S/C10H18N4O4S2/c1-4-10(3,5-6-15)14-20(17,18)9-13-12-8(19-9)11-7(2)16/h14-15H,4-6H2,1-3H3,(H,11,12,16). The number of sulfonamides is 1. The number of nitrogens with zero attached hydrogens (tertiary/aromatic N) is 2. The number of aliphatic hydroxyl groups excluding tert-OH is 1. The molecule has 0 bridgehead atoms. The minimum Gasteiger partial charge on any atom is -0.396 e. The van der Waals surface area contributed by atoms with Crippen LogP contribution in [0.5, 0.6) is 0 Å². The molecule has 10 heteroatoms. The molecule has 0 aliphatic heterocycles. The molecule has 0 aromatic carbocycles. The van der Waals surface area contributed by atoms with E-state index in [1.807, 2.05) is 6.92 Å². The predicted octanol–water partition coefficient (Wildman–Crippen LogP) is 0.326. The van der Waals surface area contributed by atoms with Gasteiger partial charge in [0, 0.05) is 19.1 Å². The first kappa shape index (κ1) is 17.0. The van der Waals surface area contributed by atoms with Crippen LogP contribution >= 0.6 is 11.3 Å². The van der Waals surface area contributed by atoms with Crippen LogP contribution in [0.1, 0.15) is 33.6 Å². The maximum atomic E-state index is 12.2. The molecule has 1 unspecified atom stereocenters. The molecule has 1 atom stereocenters. The average molecular weight is 322 g/mol. The maximum Gasteiger partial charge on any atom is 0.270 e. The zero-order valence-corrected chi connectivity index (χ0v) is 13.1. The number of carbonyl (C=O) groups is 1. The number of hydrogen-bond acceptors (Lipinski definition) is 7. The van der Waals surface area contributed by atoms with Crippen LogP contribution in [0.2, 0.25) is 0 Å². The molecule has 8 nitrogen and oxygen atoms in total. The monoisotopic (exact) mass is 322 g/mol. The van der Waals surface area contributed by atoms with Gasteiger partial charge in [-0.1, -0.05) is 18.3 Å². The molecule has 1 aromatic rings. The first-order valence-electron chi connectivity index (χ1n) is 5.98. The van der Waals surface area contributed by atoms with E-state index in [0.717, 1.165) is 11.3 Å². The van der Waals surface area contributed by atoms with Gasteiger partial charge in [-0.15, -0.1) is 10.2 Å². The predicted molar refractivity (Wildman–Crippen MR) is 74.9 cm³/mol. The van der Waals surface area contributed by atoms with Crippen LogP contribution in [0.25, 0.3) is 0 Å². The number of anilines is 1. The van der Waals surface area contributed by atoms with Gasteiger partial charge in [-0.25, -0.2) is 13.1 Å². The highest BCUT2D eigenvalue weighted by Crippen LogP contribution is 2.23. The lowest BCUT2D eigenvalue weighted by Crippen LogP contribution is -2.46. The van der Waals surface area contributed by atoms with E-state index >= 15 is 0 Å². The Morgan fingerprint density at radius 1 is 1.45 bits per heavy atom. The molecule has 1 heterocycles. The summed E-state index contributed by atoms with van der Waals surface area (Å²) >= 11 is 0.770. The minimum atomic E-state index is -3.83. The number of rotatable bonds is 7. The van der Waals surface area contributed by atoms with Crippen LogP contribution in [0.4, 0.5) is 5.13 Å². The molecule has 0 aliphatic carbocycles. The third kappa shape index (κ3) is 4.47. The van der Waals surface area contributed by atoms with Crippen molar-refractivity contribution in [2.24, 2.45) is 0 Å². The smallest absolute Gasteiger partial charge is 0.270 e. The summed E-state index contributed by atoms with van der Waals surface area (Å²) in [5.41, 5.74) is -0.757. The van der Waals surface area contributed by atoms with Crippen molar-refractivity contribution < 1.29 is 18.3 Å². The van der Waals surface area contributed by atoms with Gasteiger partial charge < -0.3 is 10.4 Å².